The molecule has 0 saturated carbocycles. The molecule has 0 aromatic heterocycles. The molecule has 0 radical (unpaired) electrons. The lowest BCUT2D eigenvalue weighted by Gasteiger charge is -2.29. The molecule has 0 amide bonds. The van der Waals surface area contributed by atoms with Gasteiger partial charge in [-0.2, -0.15) is 4.72 Å². The van der Waals surface area contributed by atoms with Crippen molar-refractivity contribution in [2.24, 2.45) is 0 Å². The number of benzene rings is 2. The predicted octanol–water partition coefficient (Wildman–Crippen LogP) is 1.04. The Bertz CT molecular complexity index is 1040. The zero-order valence-electron chi connectivity index (χ0n) is 18.0. The number of hydrogen-bond donors (Lipinski definition) is 2. The number of carboxylic acids is 1. The van der Waals surface area contributed by atoms with E-state index in [2.05, 4.69) is 4.72 Å². The van der Waals surface area contributed by atoms with E-state index in [-0.39, 0.29) is 17.2 Å². The summed E-state index contributed by atoms with van der Waals surface area (Å²) in [6.45, 7) is 2.00. The Morgan fingerprint density at radius 1 is 1.09 bits per heavy atom. The molecule has 1 aliphatic heterocycles. The second kappa shape index (κ2) is 11.3. The average Bonchev–Trinajstić information content (AvgIpc) is 2.81. The summed E-state index contributed by atoms with van der Waals surface area (Å²) in [5, 5.41) is 9.47. The number of carbonyl (C=O) groups excluding carboxylic acids is 1. The molecule has 2 aromatic carbocycles. The van der Waals surface area contributed by atoms with Gasteiger partial charge in [0.1, 0.15) is 11.8 Å². The molecule has 1 saturated heterocycles. The van der Waals surface area contributed by atoms with E-state index in [1.165, 1.54) is 31.4 Å². The second-order valence-corrected chi connectivity index (χ2v) is 9.06. The molecule has 0 bridgehead atoms. The summed E-state index contributed by atoms with van der Waals surface area (Å²) >= 11 is 0. The van der Waals surface area contributed by atoms with Crippen LogP contribution in [0.5, 0.6) is 5.75 Å². The highest BCUT2D eigenvalue weighted by molar-refractivity contribution is 7.89. The fraction of sp³-hybridized carbons (Fsp3) is 0.364. The van der Waals surface area contributed by atoms with E-state index < -0.39 is 34.1 Å². The fourth-order valence-electron chi connectivity index (χ4n) is 3.32. The number of morpholine rings is 1. The number of hydrogen-bond acceptors (Lipinski definition) is 8. The van der Waals surface area contributed by atoms with Crippen LogP contribution in [-0.4, -0.2) is 76.4 Å². The maximum atomic E-state index is 12.7. The van der Waals surface area contributed by atoms with Crippen molar-refractivity contribution in [2.75, 3.05) is 40.0 Å². The fourth-order valence-corrected chi connectivity index (χ4v) is 4.50. The summed E-state index contributed by atoms with van der Waals surface area (Å²) in [6, 6.07) is 12.6. The lowest BCUT2D eigenvalue weighted by atomic mass is 10.1. The average molecular weight is 479 g/mol. The number of carboxylic acid groups (broad SMARTS) is 1. The maximum Gasteiger partial charge on any atom is 0.345 e. The van der Waals surface area contributed by atoms with Gasteiger partial charge in [0, 0.05) is 26.7 Å². The minimum Gasteiger partial charge on any atom is -0.480 e. The van der Waals surface area contributed by atoms with E-state index in [1.54, 1.807) is 24.3 Å². The molecule has 33 heavy (non-hydrogen) atoms. The molecule has 10 nitrogen and oxygen atoms in total. The predicted molar refractivity (Wildman–Crippen MR) is 117 cm³/mol. The van der Waals surface area contributed by atoms with Crippen molar-refractivity contribution in [1.82, 2.24) is 9.62 Å². The largest absolute Gasteiger partial charge is 0.480 e. The Kier molecular flexibility index (Phi) is 8.53. The Morgan fingerprint density at radius 3 is 2.30 bits per heavy atom. The zero-order valence-corrected chi connectivity index (χ0v) is 18.9. The number of nitrogens with one attached hydrogen (secondary N) is 1. The molecule has 2 atom stereocenters. The summed E-state index contributed by atoms with van der Waals surface area (Å²) in [5.41, 5.74) is 0.619. The summed E-state index contributed by atoms with van der Waals surface area (Å²) in [4.78, 5) is 25.8. The van der Waals surface area contributed by atoms with Gasteiger partial charge in [0.05, 0.1) is 18.1 Å². The Morgan fingerprint density at radius 2 is 1.73 bits per heavy atom. The maximum absolute atomic E-state index is 12.7. The van der Waals surface area contributed by atoms with E-state index >= 15 is 0 Å². The minimum absolute atomic E-state index is 0.0194. The van der Waals surface area contributed by atoms with Crippen LogP contribution in [0.1, 0.15) is 11.7 Å². The first kappa shape index (κ1) is 24.8. The number of esters is 1. The second-order valence-electron chi connectivity index (χ2n) is 7.34. The smallest absolute Gasteiger partial charge is 0.345 e. The van der Waals surface area contributed by atoms with Gasteiger partial charge in [-0.1, -0.05) is 30.3 Å². The molecule has 2 unspecified atom stereocenters. The third-order valence-corrected chi connectivity index (χ3v) is 6.53. The number of rotatable bonds is 10. The van der Waals surface area contributed by atoms with Crippen LogP contribution in [0.4, 0.5) is 0 Å². The van der Waals surface area contributed by atoms with Crippen LogP contribution in [0.2, 0.25) is 0 Å². The van der Waals surface area contributed by atoms with Crippen LogP contribution in [0.25, 0.3) is 0 Å². The molecule has 11 heteroatoms. The monoisotopic (exact) mass is 478 g/mol. The first-order valence-corrected chi connectivity index (χ1v) is 11.7. The third-order valence-electron chi connectivity index (χ3n) is 5.04. The van der Waals surface area contributed by atoms with Crippen LogP contribution in [0.3, 0.4) is 0 Å². The number of aliphatic carboxylic acids is 1. The van der Waals surface area contributed by atoms with Gasteiger partial charge in [-0.05, 0) is 29.8 Å². The first-order valence-electron chi connectivity index (χ1n) is 10.2. The quantitative estimate of drug-likeness (QED) is 0.380. The van der Waals surface area contributed by atoms with Gasteiger partial charge in [0.25, 0.3) is 0 Å². The number of methoxy groups -OCH3 is 1. The minimum atomic E-state index is -4.12. The van der Waals surface area contributed by atoms with Crippen molar-refractivity contribution < 1.29 is 37.3 Å². The molecule has 2 aromatic rings. The molecule has 2 N–H and O–H groups in total. The summed E-state index contributed by atoms with van der Waals surface area (Å²) < 4.78 is 43.4. The SMILES string of the molecule is COC(C(=O)Oc1ccc(S(=O)(=O)NC(CN2CCOCC2)C(=O)O)cc1)c1ccccc1. The molecule has 3 rings (SSSR count). The standard InChI is InChI=1S/C22H26N2O8S/c1-30-20(16-5-3-2-4-6-16)22(27)32-17-7-9-18(10-8-17)33(28,29)23-19(21(25)26)15-24-11-13-31-14-12-24/h2-10,19-20,23H,11-15H2,1H3,(H,25,26). The zero-order chi connectivity index (χ0) is 23.8. The summed E-state index contributed by atoms with van der Waals surface area (Å²) in [5.74, 6) is -1.81. The number of nitrogens with zero attached hydrogens (tertiary/aromatic N) is 1. The van der Waals surface area contributed by atoms with Crippen molar-refractivity contribution in [1.29, 1.82) is 0 Å². The van der Waals surface area contributed by atoms with E-state index in [4.69, 9.17) is 14.2 Å². The molecule has 1 fully saturated rings. The van der Waals surface area contributed by atoms with E-state index in [0.29, 0.717) is 31.9 Å². The van der Waals surface area contributed by atoms with Crippen LogP contribution < -0.4 is 9.46 Å². The topological polar surface area (TPSA) is 131 Å². The molecular weight excluding hydrogens is 452 g/mol. The number of ether oxygens (including phenoxy) is 3. The summed E-state index contributed by atoms with van der Waals surface area (Å²) in [7, 11) is -2.73. The van der Waals surface area contributed by atoms with Gasteiger partial charge in [0.15, 0.2) is 6.10 Å². The van der Waals surface area contributed by atoms with Crippen molar-refractivity contribution in [3.8, 4) is 5.75 Å². The van der Waals surface area contributed by atoms with Crippen molar-refractivity contribution in [2.45, 2.75) is 17.0 Å². The lowest BCUT2D eigenvalue weighted by molar-refractivity contribution is -0.146. The highest BCUT2D eigenvalue weighted by Crippen LogP contribution is 2.22. The van der Waals surface area contributed by atoms with Gasteiger partial charge >= 0.3 is 11.9 Å². The Labute approximate surface area is 192 Å². The van der Waals surface area contributed by atoms with Gasteiger partial charge < -0.3 is 19.3 Å². The van der Waals surface area contributed by atoms with E-state index in [1.807, 2.05) is 11.0 Å². The normalized spacial score (nSPS) is 16.6. The lowest BCUT2D eigenvalue weighted by Crippen LogP contribution is -2.50. The van der Waals surface area contributed by atoms with Gasteiger partial charge in [-0.3, -0.25) is 9.69 Å². The highest BCUT2D eigenvalue weighted by atomic mass is 32.2. The first-order chi connectivity index (χ1) is 15.8. The van der Waals surface area contributed by atoms with E-state index in [0.717, 1.165) is 0 Å². The highest BCUT2D eigenvalue weighted by Gasteiger charge is 2.28. The van der Waals surface area contributed by atoms with Crippen LogP contribution >= 0.6 is 0 Å². The van der Waals surface area contributed by atoms with Crippen LogP contribution in [0.15, 0.2) is 59.5 Å². The van der Waals surface area contributed by atoms with Gasteiger partial charge in [-0.25, -0.2) is 13.2 Å². The molecule has 1 heterocycles. The molecule has 178 valence electrons. The van der Waals surface area contributed by atoms with E-state index in [9.17, 15) is 23.1 Å². The molecule has 0 spiro atoms. The number of sulfonamides is 1. The van der Waals surface area contributed by atoms with Crippen molar-refractivity contribution in [3.63, 3.8) is 0 Å². The van der Waals surface area contributed by atoms with Crippen molar-refractivity contribution in [3.05, 3.63) is 60.2 Å². The molecule has 0 aliphatic carbocycles. The summed E-state index contributed by atoms with van der Waals surface area (Å²) in [6.07, 6.45) is -0.937. The van der Waals surface area contributed by atoms with Crippen LogP contribution in [-0.2, 0) is 29.1 Å². The van der Waals surface area contributed by atoms with Crippen LogP contribution in [0, 0.1) is 0 Å². The Balaban J connectivity index is 1.66. The Hall–Kier alpha value is -2.83. The third kappa shape index (κ3) is 6.83. The van der Waals surface area contributed by atoms with Gasteiger partial charge in [-0.15, -0.1) is 0 Å². The number of carbonyl (C=O) groups is 2. The molecular formula is C22H26N2O8S. The molecule has 1 aliphatic rings. The van der Waals surface area contributed by atoms with Crippen molar-refractivity contribution >= 4 is 22.0 Å². The van der Waals surface area contributed by atoms with Gasteiger partial charge in [0.2, 0.25) is 10.0 Å².